The zero-order valence-corrected chi connectivity index (χ0v) is 10.4. The Labute approximate surface area is 103 Å². The van der Waals surface area contributed by atoms with Crippen LogP contribution in [0.15, 0.2) is 41.7 Å². The second-order valence-corrected chi connectivity index (χ2v) is 5.40. The lowest BCUT2D eigenvalue weighted by atomic mass is 10.1. The van der Waals surface area contributed by atoms with Gasteiger partial charge in [-0.05, 0) is 12.5 Å². The zero-order chi connectivity index (χ0) is 13.3. The van der Waals surface area contributed by atoms with Gasteiger partial charge in [-0.3, -0.25) is 9.36 Å². The van der Waals surface area contributed by atoms with Gasteiger partial charge in [0, 0.05) is 16.5 Å². The lowest BCUT2D eigenvalue weighted by Crippen LogP contribution is -2.25. The highest BCUT2D eigenvalue weighted by Crippen LogP contribution is 2.36. The average molecular weight is 265 g/mol. The second-order valence-electron chi connectivity index (χ2n) is 3.86. The maximum absolute atomic E-state index is 11.8. The predicted molar refractivity (Wildman–Crippen MR) is 70.1 cm³/mol. The number of para-hydroxylation sites is 1. The summed E-state index contributed by atoms with van der Waals surface area (Å²) in [4.78, 5) is 33.3. The van der Waals surface area contributed by atoms with Crippen LogP contribution in [-0.4, -0.2) is 14.8 Å². The summed E-state index contributed by atoms with van der Waals surface area (Å²) in [5.41, 5.74) is -0.0161. The van der Waals surface area contributed by atoms with E-state index in [0.717, 1.165) is 0 Å². The third-order valence-corrected chi connectivity index (χ3v) is 3.72. The molecular formula is C12H12NO4P. The fourth-order valence-corrected chi connectivity index (χ4v) is 2.99. The van der Waals surface area contributed by atoms with E-state index in [9.17, 15) is 19.1 Å². The molecular weight excluding hydrogens is 253 g/mol. The number of pyridine rings is 1. The quantitative estimate of drug-likeness (QED) is 0.571. The number of hydrogen-bond donors (Lipinski definition) is 3. The molecule has 0 amide bonds. The molecule has 1 aromatic heterocycles. The lowest BCUT2D eigenvalue weighted by Gasteiger charge is -2.12. The summed E-state index contributed by atoms with van der Waals surface area (Å²) in [5, 5.41) is 0.157. The summed E-state index contributed by atoms with van der Waals surface area (Å²) in [6, 6.07) is 6.53. The van der Waals surface area contributed by atoms with Crippen molar-refractivity contribution in [1.29, 1.82) is 0 Å². The third kappa shape index (κ3) is 2.16. The number of fused-ring (bicyclic) bond motifs is 1. The van der Waals surface area contributed by atoms with Gasteiger partial charge in [-0.15, -0.1) is 6.58 Å². The summed E-state index contributed by atoms with van der Waals surface area (Å²) in [7, 11) is -4.53. The predicted octanol–water partition coefficient (Wildman–Crippen LogP) is 1.06. The van der Waals surface area contributed by atoms with Gasteiger partial charge in [-0.1, -0.05) is 24.3 Å². The van der Waals surface area contributed by atoms with Crippen LogP contribution in [0, 0.1) is 0 Å². The van der Waals surface area contributed by atoms with Crippen LogP contribution in [0.1, 0.15) is 5.56 Å². The molecule has 0 aliphatic rings. The number of H-pyrrole nitrogens is 1. The molecule has 5 nitrogen and oxygen atoms in total. The van der Waals surface area contributed by atoms with Gasteiger partial charge in [0.25, 0.3) is 5.56 Å². The van der Waals surface area contributed by atoms with Gasteiger partial charge in [0.2, 0.25) is 0 Å². The summed E-state index contributed by atoms with van der Waals surface area (Å²) in [6.45, 7) is 3.49. The molecule has 2 aromatic rings. The van der Waals surface area contributed by atoms with Gasteiger partial charge in [0.1, 0.15) is 0 Å². The van der Waals surface area contributed by atoms with Gasteiger partial charge in [0.15, 0.2) is 0 Å². The highest BCUT2D eigenvalue weighted by molar-refractivity contribution is 7.61. The molecule has 0 aliphatic heterocycles. The molecule has 0 atom stereocenters. The molecule has 1 heterocycles. The van der Waals surface area contributed by atoms with Crippen molar-refractivity contribution in [3.63, 3.8) is 0 Å². The highest BCUT2D eigenvalue weighted by Gasteiger charge is 2.26. The molecule has 0 spiro atoms. The van der Waals surface area contributed by atoms with Crippen LogP contribution in [0.4, 0.5) is 0 Å². The molecule has 0 radical (unpaired) electrons. The first-order valence-corrected chi connectivity index (χ1v) is 6.87. The molecule has 0 unspecified atom stereocenters. The van der Waals surface area contributed by atoms with Gasteiger partial charge in [-0.25, -0.2) is 0 Å². The number of aromatic nitrogens is 1. The van der Waals surface area contributed by atoms with Crippen LogP contribution in [-0.2, 0) is 11.0 Å². The van der Waals surface area contributed by atoms with Crippen molar-refractivity contribution in [2.45, 2.75) is 6.42 Å². The van der Waals surface area contributed by atoms with E-state index in [1.165, 1.54) is 6.08 Å². The second kappa shape index (κ2) is 4.53. The number of hydrogen-bond acceptors (Lipinski definition) is 2. The zero-order valence-electron chi connectivity index (χ0n) is 9.46. The third-order valence-electron chi connectivity index (χ3n) is 2.63. The Kier molecular flexibility index (Phi) is 3.22. The van der Waals surface area contributed by atoms with Crippen molar-refractivity contribution in [2.75, 3.05) is 0 Å². The molecule has 0 saturated carbocycles. The minimum atomic E-state index is -4.53. The average Bonchev–Trinajstić information content (AvgIpc) is 2.28. The van der Waals surface area contributed by atoms with Crippen molar-refractivity contribution in [3.8, 4) is 0 Å². The van der Waals surface area contributed by atoms with E-state index in [-0.39, 0.29) is 17.3 Å². The summed E-state index contributed by atoms with van der Waals surface area (Å²) >= 11 is 0. The first-order valence-electron chi connectivity index (χ1n) is 5.26. The summed E-state index contributed by atoms with van der Waals surface area (Å²) in [5.74, 6) is 0. The largest absolute Gasteiger partial charge is 0.357 e. The topological polar surface area (TPSA) is 90.4 Å². The number of benzene rings is 1. The van der Waals surface area contributed by atoms with Crippen LogP contribution in [0.25, 0.3) is 10.9 Å². The van der Waals surface area contributed by atoms with Crippen molar-refractivity contribution in [2.24, 2.45) is 0 Å². The fourth-order valence-electron chi connectivity index (χ4n) is 1.93. The van der Waals surface area contributed by atoms with Gasteiger partial charge in [0.05, 0.1) is 5.30 Å². The molecule has 0 bridgehead atoms. The fraction of sp³-hybridized carbons (Fsp3) is 0.0833. The first-order chi connectivity index (χ1) is 8.45. The van der Waals surface area contributed by atoms with Gasteiger partial charge < -0.3 is 14.8 Å². The minimum Gasteiger partial charge on any atom is -0.322 e. The number of aromatic amines is 1. The maximum Gasteiger partial charge on any atom is 0.357 e. The van der Waals surface area contributed by atoms with Crippen molar-refractivity contribution in [3.05, 3.63) is 52.8 Å². The van der Waals surface area contributed by atoms with Crippen LogP contribution < -0.4 is 10.9 Å². The summed E-state index contributed by atoms with van der Waals surface area (Å²) in [6.07, 6.45) is 1.55. The van der Waals surface area contributed by atoms with E-state index in [0.29, 0.717) is 10.9 Å². The van der Waals surface area contributed by atoms with E-state index in [1.54, 1.807) is 24.3 Å². The van der Waals surface area contributed by atoms with E-state index in [2.05, 4.69) is 11.6 Å². The molecule has 0 aliphatic carbocycles. The van der Waals surface area contributed by atoms with Crippen molar-refractivity contribution in [1.82, 2.24) is 4.98 Å². The van der Waals surface area contributed by atoms with Crippen LogP contribution in [0.2, 0.25) is 0 Å². The Bertz CT molecular complexity index is 714. The Morgan fingerprint density at radius 3 is 2.61 bits per heavy atom. The van der Waals surface area contributed by atoms with E-state index < -0.39 is 13.2 Å². The molecule has 6 heteroatoms. The molecule has 1 aromatic carbocycles. The highest BCUT2D eigenvalue weighted by atomic mass is 31.2. The number of nitrogens with one attached hydrogen (secondary N) is 1. The molecule has 0 fully saturated rings. The van der Waals surface area contributed by atoms with Crippen molar-refractivity contribution < 1.29 is 14.4 Å². The van der Waals surface area contributed by atoms with Crippen LogP contribution >= 0.6 is 7.60 Å². The molecule has 94 valence electrons. The number of rotatable bonds is 3. The minimum absolute atomic E-state index is 0.0667. The SMILES string of the molecule is C=CCc1c(P(=O)(O)O)c2ccccc2[nH]c1=O. The normalized spacial score (nSPS) is 11.7. The standard InChI is InChI=1S/C12H12NO4P/c1-2-5-9-11(18(15,16)17)8-6-3-4-7-10(8)13-12(9)14/h2-4,6-7H,1,5H2,(H,13,14)(H2,15,16,17). The van der Waals surface area contributed by atoms with Gasteiger partial charge in [-0.2, -0.15) is 0 Å². The Hall–Kier alpha value is -1.68. The van der Waals surface area contributed by atoms with Crippen LogP contribution in [0.3, 0.4) is 0 Å². The summed E-state index contributed by atoms with van der Waals surface area (Å²) < 4.78 is 11.6. The maximum atomic E-state index is 11.8. The molecule has 2 rings (SSSR count). The Balaban J connectivity index is 2.99. The van der Waals surface area contributed by atoms with E-state index in [4.69, 9.17) is 0 Å². The lowest BCUT2D eigenvalue weighted by molar-refractivity contribution is 0.387. The van der Waals surface area contributed by atoms with Gasteiger partial charge >= 0.3 is 7.60 Å². The van der Waals surface area contributed by atoms with E-state index >= 15 is 0 Å². The Morgan fingerprint density at radius 2 is 2.00 bits per heavy atom. The monoisotopic (exact) mass is 265 g/mol. The number of allylic oxidation sites excluding steroid dienone is 1. The Morgan fingerprint density at radius 1 is 1.33 bits per heavy atom. The van der Waals surface area contributed by atoms with Crippen molar-refractivity contribution >= 4 is 23.8 Å². The molecule has 18 heavy (non-hydrogen) atoms. The van der Waals surface area contributed by atoms with Crippen LogP contribution in [0.5, 0.6) is 0 Å². The molecule has 3 N–H and O–H groups in total. The van der Waals surface area contributed by atoms with E-state index in [1.807, 2.05) is 0 Å². The first kappa shape index (κ1) is 12.8. The smallest absolute Gasteiger partial charge is 0.322 e. The molecule has 0 saturated heterocycles.